The molecule has 4 nitrogen and oxygen atoms in total. The van der Waals surface area contributed by atoms with Crippen molar-refractivity contribution in [2.24, 2.45) is 0 Å². The van der Waals surface area contributed by atoms with E-state index in [4.69, 9.17) is 10.5 Å². The Morgan fingerprint density at radius 3 is 3.07 bits per heavy atom. The predicted octanol–water partition coefficient (Wildman–Crippen LogP) is 1.74. The summed E-state index contributed by atoms with van der Waals surface area (Å²) in [4.78, 5) is 1.25. The Morgan fingerprint density at radius 2 is 2.40 bits per heavy atom. The van der Waals surface area contributed by atoms with Gasteiger partial charge in [0.25, 0.3) is 0 Å². The molecular formula is C10H13N3OS. The van der Waals surface area contributed by atoms with Crippen LogP contribution in [0, 0.1) is 0 Å². The fourth-order valence-electron chi connectivity index (χ4n) is 1.23. The summed E-state index contributed by atoms with van der Waals surface area (Å²) in [5.41, 5.74) is 5.49. The van der Waals surface area contributed by atoms with Crippen LogP contribution in [0.4, 0.5) is 5.82 Å². The van der Waals surface area contributed by atoms with E-state index in [-0.39, 0.29) is 0 Å². The maximum Gasteiger partial charge on any atom is 0.145 e. The Morgan fingerprint density at radius 1 is 1.47 bits per heavy atom. The summed E-state index contributed by atoms with van der Waals surface area (Å²) in [6.45, 7) is 2.07. The predicted molar refractivity (Wildman–Crippen MR) is 60.6 cm³/mol. The van der Waals surface area contributed by atoms with Crippen molar-refractivity contribution >= 4 is 17.2 Å². The lowest BCUT2D eigenvalue weighted by molar-refractivity contribution is 0.113. The minimum absolute atomic E-state index is 0.549. The van der Waals surface area contributed by atoms with Crippen LogP contribution >= 0.6 is 11.3 Å². The molecular weight excluding hydrogens is 210 g/mol. The highest BCUT2D eigenvalue weighted by Gasteiger charge is 1.96. The van der Waals surface area contributed by atoms with Crippen molar-refractivity contribution in [2.45, 2.75) is 13.2 Å². The number of aromatic nitrogens is 2. The van der Waals surface area contributed by atoms with Gasteiger partial charge in [-0.3, -0.25) is 4.68 Å². The Labute approximate surface area is 92.3 Å². The van der Waals surface area contributed by atoms with Crippen molar-refractivity contribution in [1.82, 2.24) is 9.78 Å². The molecule has 0 aliphatic rings. The maximum absolute atomic E-state index is 5.50. The molecule has 2 aromatic heterocycles. The summed E-state index contributed by atoms with van der Waals surface area (Å²) in [6.07, 6.45) is 1.85. The van der Waals surface area contributed by atoms with Crippen LogP contribution in [0.2, 0.25) is 0 Å². The molecule has 0 bridgehead atoms. The van der Waals surface area contributed by atoms with Gasteiger partial charge in [0.05, 0.1) is 19.8 Å². The van der Waals surface area contributed by atoms with Gasteiger partial charge in [0.2, 0.25) is 0 Å². The number of nitrogens with two attached hydrogens (primary N) is 1. The zero-order valence-corrected chi connectivity index (χ0v) is 9.11. The summed E-state index contributed by atoms with van der Waals surface area (Å²) in [5.74, 6) is 0.549. The highest BCUT2D eigenvalue weighted by molar-refractivity contribution is 7.09. The molecule has 0 spiro atoms. The molecule has 0 saturated heterocycles. The van der Waals surface area contributed by atoms with E-state index in [9.17, 15) is 0 Å². The maximum atomic E-state index is 5.50. The average molecular weight is 223 g/mol. The average Bonchev–Trinajstić information content (AvgIpc) is 2.84. The first-order valence-electron chi connectivity index (χ1n) is 4.73. The Balaban J connectivity index is 1.67. The van der Waals surface area contributed by atoms with Crippen molar-refractivity contribution in [1.29, 1.82) is 0 Å². The van der Waals surface area contributed by atoms with Crippen LogP contribution in [0.3, 0.4) is 0 Å². The van der Waals surface area contributed by atoms with E-state index in [2.05, 4.69) is 11.2 Å². The normalized spacial score (nSPS) is 10.7. The molecule has 2 aromatic rings. The number of ether oxygens (including phenoxy) is 1. The smallest absolute Gasteiger partial charge is 0.145 e. The van der Waals surface area contributed by atoms with Crippen molar-refractivity contribution in [3.05, 3.63) is 34.7 Å². The second-order valence-corrected chi connectivity index (χ2v) is 4.17. The third-order valence-corrected chi connectivity index (χ3v) is 2.80. The number of nitrogen functional groups attached to an aromatic ring is 1. The quantitative estimate of drug-likeness (QED) is 0.786. The zero-order chi connectivity index (χ0) is 10.5. The van der Waals surface area contributed by atoms with E-state index < -0.39 is 0 Å². The van der Waals surface area contributed by atoms with E-state index in [1.54, 1.807) is 22.1 Å². The van der Waals surface area contributed by atoms with Crippen LogP contribution < -0.4 is 5.73 Å². The zero-order valence-electron chi connectivity index (χ0n) is 8.30. The third-order valence-electron chi connectivity index (χ3n) is 1.95. The second kappa shape index (κ2) is 4.95. The number of thiophene rings is 1. The SMILES string of the molecule is Nc1ccn(CCOCc2cccs2)n1. The molecule has 0 amide bonds. The van der Waals surface area contributed by atoms with Crippen LogP contribution in [-0.4, -0.2) is 16.4 Å². The summed E-state index contributed by atoms with van der Waals surface area (Å²) >= 11 is 1.71. The number of hydrogen-bond donors (Lipinski definition) is 1. The molecule has 0 saturated carbocycles. The number of anilines is 1. The van der Waals surface area contributed by atoms with Gasteiger partial charge in [-0.2, -0.15) is 5.10 Å². The summed E-state index contributed by atoms with van der Waals surface area (Å²) < 4.78 is 7.28. The molecule has 0 aliphatic carbocycles. The molecule has 15 heavy (non-hydrogen) atoms. The highest BCUT2D eigenvalue weighted by atomic mass is 32.1. The van der Waals surface area contributed by atoms with Crippen molar-refractivity contribution in [3.63, 3.8) is 0 Å². The van der Waals surface area contributed by atoms with Gasteiger partial charge in [-0.1, -0.05) is 6.07 Å². The van der Waals surface area contributed by atoms with E-state index in [0.29, 0.717) is 19.0 Å². The first-order valence-corrected chi connectivity index (χ1v) is 5.61. The summed E-state index contributed by atoms with van der Waals surface area (Å²) in [5, 5.41) is 6.11. The Kier molecular flexibility index (Phi) is 3.37. The van der Waals surface area contributed by atoms with Gasteiger partial charge in [-0.25, -0.2) is 0 Å². The van der Waals surface area contributed by atoms with Gasteiger partial charge in [0.15, 0.2) is 0 Å². The lowest BCUT2D eigenvalue weighted by Gasteiger charge is -2.02. The number of hydrogen-bond acceptors (Lipinski definition) is 4. The van der Waals surface area contributed by atoms with E-state index >= 15 is 0 Å². The fourth-order valence-corrected chi connectivity index (χ4v) is 1.87. The molecule has 0 aromatic carbocycles. The van der Waals surface area contributed by atoms with Gasteiger partial charge in [0.1, 0.15) is 5.82 Å². The molecule has 5 heteroatoms. The molecule has 2 heterocycles. The minimum atomic E-state index is 0.549. The monoisotopic (exact) mass is 223 g/mol. The van der Waals surface area contributed by atoms with Gasteiger partial charge >= 0.3 is 0 Å². The van der Waals surface area contributed by atoms with Gasteiger partial charge < -0.3 is 10.5 Å². The van der Waals surface area contributed by atoms with E-state index in [1.165, 1.54) is 4.88 Å². The molecule has 2 N–H and O–H groups in total. The molecule has 80 valence electrons. The molecule has 0 fully saturated rings. The first kappa shape index (κ1) is 10.2. The third kappa shape index (κ3) is 3.07. The lowest BCUT2D eigenvalue weighted by Crippen LogP contribution is -2.06. The molecule has 0 aliphatic heterocycles. The molecule has 0 radical (unpaired) electrons. The minimum Gasteiger partial charge on any atom is -0.382 e. The second-order valence-electron chi connectivity index (χ2n) is 3.14. The van der Waals surface area contributed by atoms with Crippen molar-refractivity contribution in [2.75, 3.05) is 12.3 Å². The van der Waals surface area contributed by atoms with E-state index in [1.807, 2.05) is 17.6 Å². The molecule has 2 rings (SSSR count). The summed E-state index contributed by atoms with van der Waals surface area (Å²) in [6, 6.07) is 5.87. The van der Waals surface area contributed by atoms with E-state index in [0.717, 1.165) is 6.54 Å². The lowest BCUT2D eigenvalue weighted by atomic mass is 10.5. The topological polar surface area (TPSA) is 53.1 Å². The van der Waals surface area contributed by atoms with Crippen LogP contribution in [0.5, 0.6) is 0 Å². The highest BCUT2D eigenvalue weighted by Crippen LogP contribution is 2.09. The Bertz CT molecular complexity index is 396. The fraction of sp³-hybridized carbons (Fsp3) is 0.300. The van der Waals surface area contributed by atoms with Gasteiger partial charge in [-0.15, -0.1) is 11.3 Å². The standard InChI is InChI=1S/C10H13N3OS/c11-10-3-4-13(12-10)5-6-14-8-9-2-1-7-15-9/h1-4,7H,5-6,8H2,(H2,11,12). The largest absolute Gasteiger partial charge is 0.382 e. The number of rotatable bonds is 5. The summed E-state index contributed by atoms with van der Waals surface area (Å²) in [7, 11) is 0. The Hall–Kier alpha value is -1.33. The van der Waals surface area contributed by atoms with Crippen molar-refractivity contribution < 1.29 is 4.74 Å². The van der Waals surface area contributed by atoms with Crippen molar-refractivity contribution in [3.8, 4) is 0 Å². The van der Waals surface area contributed by atoms with Gasteiger partial charge in [0, 0.05) is 11.1 Å². The van der Waals surface area contributed by atoms with Crippen LogP contribution in [0.15, 0.2) is 29.8 Å². The first-order chi connectivity index (χ1) is 7.34. The molecule has 0 atom stereocenters. The van der Waals surface area contributed by atoms with Gasteiger partial charge in [-0.05, 0) is 17.5 Å². The number of nitrogens with zero attached hydrogens (tertiary/aromatic N) is 2. The van der Waals surface area contributed by atoms with Crippen LogP contribution in [0.25, 0.3) is 0 Å². The van der Waals surface area contributed by atoms with Crippen LogP contribution in [-0.2, 0) is 17.9 Å². The van der Waals surface area contributed by atoms with Crippen LogP contribution in [0.1, 0.15) is 4.88 Å². The molecule has 0 unspecified atom stereocenters.